The number of amides is 1. The van der Waals surface area contributed by atoms with E-state index in [4.69, 9.17) is 4.74 Å². The van der Waals surface area contributed by atoms with Crippen molar-refractivity contribution in [2.45, 2.75) is 6.54 Å². The standard InChI is InChI=1S/C16H17N3O6S/c1-24-7-6-18(9-14-17-13(10-26-14)16(21)25-2)15(20)11-4-3-5-12(8-11)19(22)23/h3-5,8,10H,6-7,9H2,1-2H3. The summed E-state index contributed by atoms with van der Waals surface area (Å²) in [7, 11) is 2.77. The van der Waals surface area contributed by atoms with E-state index in [0.717, 1.165) is 0 Å². The fourth-order valence-corrected chi connectivity index (χ4v) is 2.91. The molecule has 0 saturated carbocycles. The van der Waals surface area contributed by atoms with Crippen LogP contribution in [0.2, 0.25) is 0 Å². The maximum Gasteiger partial charge on any atom is 0.357 e. The van der Waals surface area contributed by atoms with Crippen molar-refractivity contribution in [1.82, 2.24) is 9.88 Å². The number of hydrogen-bond donors (Lipinski definition) is 0. The predicted molar refractivity (Wildman–Crippen MR) is 93.2 cm³/mol. The normalized spacial score (nSPS) is 10.4. The molecule has 0 fully saturated rings. The number of nitro benzene ring substituents is 1. The van der Waals surface area contributed by atoms with Crippen molar-refractivity contribution in [3.8, 4) is 0 Å². The molecule has 0 aliphatic rings. The van der Waals surface area contributed by atoms with Crippen molar-refractivity contribution in [3.05, 3.63) is 56.0 Å². The van der Waals surface area contributed by atoms with Crippen LogP contribution in [0.1, 0.15) is 25.9 Å². The van der Waals surface area contributed by atoms with Crippen molar-refractivity contribution >= 4 is 28.9 Å². The van der Waals surface area contributed by atoms with E-state index in [1.165, 1.54) is 54.7 Å². The molecular formula is C16H17N3O6S. The Morgan fingerprint density at radius 3 is 2.77 bits per heavy atom. The minimum atomic E-state index is -0.556. The first-order valence-electron chi connectivity index (χ1n) is 7.51. The first-order valence-corrected chi connectivity index (χ1v) is 8.39. The molecule has 138 valence electrons. The summed E-state index contributed by atoms with van der Waals surface area (Å²) < 4.78 is 9.64. The summed E-state index contributed by atoms with van der Waals surface area (Å²) in [5, 5.41) is 13.0. The number of benzene rings is 1. The fraction of sp³-hybridized carbons (Fsp3) is 0.312. The lowest BCUT2D eigenvalue weighted by atomic mass is 10.1. The number of hydrogen-bond acceptors (Lipinski definition) is 8. The second-order valence-corrected chi connectivity index (χ2v) is 6.09. The Hall–Kier alpha value is -2.85. The van der Waals surface area contributed by atoms with Gasteiger partial charge in [-0.1, -0.05) is 6.07 Å². The summed E-state index contributed by atoms with van der Waals surface area (Å²) in [4.78, 5) is 40.2. The van der Waals surface area contributed by atoms with Gasteiger partial charge >= 0.3 is 5.97 Å². The number of rotatable bonds is 8. The summed E-state index contributed by atoms with van der Waals surface area (Å²) in [6.07, 6.45) is 0. The Bertz CT molecular complexity index is 807. The molecule has 0 aliphatic heterocycles. The highest BCUT2D eigenvalue weighted by molar-refractivity contribution is 7.09. The number of non-ortho nitro benzene ring substituents is 1. The molecule has 0 bridgehead atoms. The van der Waals surface area contributed by atoms with Crippen molar-refractivity contribution in [3.63, 3.8) is 0 Å². The number of nitro groups is 1. The van der Waals surface area contributed by atoms with Crippen LogP contribution in [0.25, 0.3) is 0 Å². The van der Waals surface area contributed by atoms with Crippen LogP contribution in [0, 0.1) is 10.1 Å². The molecule has 9 nitrogen and oxygen atoms in total. The van der Waals surface area contributed by atoms with Gasteiger partial charge in [0, 0.05) is 36.7 Å². The molecule has 0 unspecified atom stereocenters. The number of methoxy groups -OCH3 is 2. The van der Waals surface area contributed by atoms with Crippen LogP contribution in [0.3, 0.4) is 0 Å². The lowest BCUT2D eigenvalue weighted by Gasteiger charge is -2.21. The topological polar surface area (TPSA) is 112 Å². The number of esters is 1. The third-order valence-corrected chi connectivity index (χ3v) is 4.26. The molecule has 0 atom stereocenters. The van der Waals surface area contributed by atoms with Crippen LogP contribution in [0.15, 0.2) is 29.6 Å². The summed E-state index contributed by atoms with van der Waals surface area (Å²) in [5.74, 6) is -0.943. The number of aromatic nitrogens is 1. The molecule has 1 aromatic carbocycles. The van der Waals surface area contributed by atoms with Gasteiger partial charge in [-0.3, -0.25) is 14.9 Å². The molecule has 0 spiro atoms. The fourth-order valence-electron chi connectivity index (χ4n) is 2.13. The minimum Gasteiger partial charge on any atom is -0.464 e. The Kier molecular flexibility index (Phi) is 6.75. The highest BCUT2D eigenvalue weighted by Gasteiger charge is 2.20. The van der Waals surface area contributed by atoms with Gasteiger partial charge in [0.1, 0.15) is 5.01 Å². The van der Waals surface area contributed by atoms with E-state index in [9.17, 15) is 19.7 Å². The molecule has 0 saturated heterocycles. The molecule has 0 radical (unpaired) electrons. The first-order chi connectivity index (χ1) is 12.5. The zero-order valence-corrected chi connectivity index (χ0v) is 15.0. The molecule has 0 aliphatic carbocycles. The third kappa shape index (κ3) is 4.83. The molecule has 26 heavy (non-hydrogen) atoms. The largest absolute Gasteiger partial charge is 0.464 e. The molecular weight excluding hydrogens is 362 g/mol. The Morgan fingerprint density at radius 2 is 2.12 bits per heavy atom. The van der Waals surface area contributed by atoms with Gasteiger partial charge in [0.15, 0.2) is 5.69 Å². The number of ether oxygens (including phenoxy) is 2. The van der Waals surface area contributed by atoms with Crippen LogP contribution in [-0.4, -0.2) is 54.1 Å². The van der Waals surface area contributed by atoms with Gasteiger partial charge in [-0.2, -0.15) is 0 Å². The smallest absolute Gasteiger partial charge is 0.357 e. The molecule has 0 N–H and O–H groups in total. The second-order valence-electron chi connectivity index (χ2n) is 5.15. The van der Waals surface area contributed by atoms with Crippen LogP contribution in [0.5, 0.6) is 0 Å². The predicted octanol–water partition coefficient (Wildman–Crippen LogP) is 2.13. The van der Waals surface area contributed by atoms with E-state index in [-0.39, 0.29) is 42.5 Å². The van der Waals surface area contributed by atoms with Crippen molar-refractivity contribution in [2.24, 2.45) is 0 Å². The Balaban J connectivity index is 2.22. The van der Waals surface area contributed by atoms with Gasteiger partial charge in [-0.05, 0) is 6.07 Å². The molecule has 1 aromatic heterocycles. The Morgan fingerprint density at radius 1 is 1.35 bits per heavy atom. The SMILES string of the molecule is COCCN(Cc1nc(C(=O)OC)cs1)C(=O)c1cccc([N+](=O)[O-])c1. The quantitative estimate of drug-likeness (QED) is 0.392. The van der Waals surface area contributed by atoms with Crippen molar-refractivity contribution in [1.29, 1.82) is 0 Å². The maximum atomic E-state index is 12.8. The van der Waals surface area contributed by atoms with E-state index in [0.29, 0.717) is 5.01 Å². The average Bonchev–Trinajstić information content (AvgIpc) is 3.12. The maximum absolute atomic E-state index is 12.8. The van der Waals surface area contributed by atoms with Crippen molar-refractivity contribution < 1.29 is 24.0 Å². The molecule has 2 rings (SSSR count). The molecule has 1 heterocycles. The van der Waals surface area contributed by atoms with Gasteiger partial charge in [0.05, 0.1) is 25.2 Å². The number of nitrogens with zero attached hydrogens (tertiary/aromatic N) is 3. The van der Waals surface area contributed by atoms with E-state index >= 15 is 0 Å². The Labute approximate surface area is 153 Å². The average molecular weight is 379 g/mol. The third-order valence-electron chi connectivity index (χ3n) is 3.43. The van der Waals surface area contributed by atoms with E-state index in [1.807, 2.05) is 0 Å². The molecule has 2 aromatic rings. The number of carbonyl (C=O) groups is 2. The van der Waals surface area contributed by atoms with Gasteiger partial charge in [0.25, 0.3) is 11.6 Å². The lowest BCUT2D eigenvalue weighted by molar-refractivity contribution is -0.384. The van der Waals surface area contributed by atoms with Crippen LogP contribution in [0.4, 0.5) is 5.69 Å². The van der Waals surface area contributed by atoms with Gasteiger partial charge in [-0.15, -0.1) is 11.3 Å². The second kappa shape index (κ2) is 9.02. The number of thiazole rings is 1. The van der Waals surface area contributed by atoms with Gasteiger partial charge in [-0.25, -0.2) is 9.78 Å². The van der Waals surface area contributed by atoms with Crippen LogP contribution in [-0.2, 0) is 16.0 Å². The molecule has 1 amide bonds. The highest BCUT2D eigenvalue weighted by Crippen LogP contribution is 2.18. The number of carbonyl (C=O) groups excluding carboxylic acids is 2. The molecule has 10 heteroatoms. The van der Waals surface area contributed by atoms with Gasteiger partial charge < -0.3 is 14.4 Å². The zero-order chi connectivity index (χ0) is 19.1. The summed E-state index contributed by atoms with van der Waals surface area (Å²) in [5.41, 5.74) is 0.201. The zero-order valence-electron chi connectivity index (χ0n) is 14.2. The van der Waals surface area contributed by atoms with E-state index < -0.39 is 10.9 Å². The first kappa shape index (κ1) is 19.5. The minimum absolute atomic E-state index is 0.145. The van der Waals surface area contributed by atoms with E-state index in [1.54, 1.807) is 5.38 Å². The van der Waals surface area contributed by atoms with Crippen molar-refractivity contribution in [2.75, 3.05) is 27.4 Å². The lowest BCUT2D eigenvalue weighted by Crippen LogP contribution is -2.33. The summed E-state index contributed by atoms with van der Waals surface area (Å²) in [6, 6.07) is 5.51. The van der Waals surface area contributed by atoms with E-state index in [2.05, 4.69) is 9.72 Å². The van der Waals surface area contributed by atoms with Crippen LogP contribution >= 0.6 is 11.3 Å². The summed E-state index contributed by atoms with van der Waals surface area (Å²) in [6.45, 7) is 0.702. The van der Waals surface area contributed by atoms with Gasteiger partial charge in [0.2, 0.25) is 0 Å². The highest BCUT2D eigenvalue weighted by atomic mass is 32.1. The summed E-state index contributed by atoms with van der Waals surface area (Å²) >= 11 is 1.22. The monoisotopic (exact) mass is 379 g/mol. The van der Waals surface area contributed by atoms with Crippen LogP contribution < -0.4 is 0 Å².